The number of likely N-dealkylation sites (tertiary alicyclic amines) is 1. The van der Waals surface area contributed by atoms with Crippen molar-refractivity contribution in [1.29, 1.82) is 0 Å². The predicted octanol–water partition coefficient (Wildman–Crippen LogP) is 3.79. The number of esters is 1. The van der Waals surface area contributed by atoms with E-state index in [0.717, 1.165) is 29.4 Å². The number of benzene rings is 2. The molecular formula is C21H24N2O2. The summed E-state index contributed by atoms with van der Waals surface area (Å²) in [5.41, 5.74) is 3.85. The Balaban J connectivity index is 1.48. The second kappa shape index (κ2) is 6.89. The molecule has 2 aromatic carbocycles. The van der Waals surface area contributed by atoms with Crippen molar-refractivity contribution >= 4 is 11.7 Å². The highest BCUT2D eigenvalue weighted by atomic mass is 16.5. The SMILES string of the molecule is COC(=O)c1cccc(-c2cccc(NC3CCN(C4CC4)C3)c2)c1. The zero-order valence-electron chi connectivity index (χ0n) is 14.6. The Labute approximate surface area is 148 Å². The lowest BCUT2D eigenvalue weighted by Crippen LogP contribution is -2.27. The van der Waals surface area contributed by atoms with Crippen molar-refractivity contribution in [1.82, 2.24) is 4.90 Å². The lowest BCUT2D eigenvalue weighted by molar-refractivity contribution is 0.0601. The highest BCUT2D eigenvalue weighted by molar-refractivity contribution is 5.91. The van der Waals surface area contributed by atoms with Gasteiger partial charge in [-0.05, 0) is 54.7 Å². The molecule has 0 radical (unpaired) electrons. The Kier molecular flexibility index (Phi) is 4.45. The minimum atomic E-state index is -0.303. The van der Waals surface area contributed by atoms with E-state index in [4.69, 9.17) is 4.74 Å². The molecule has 1 atom stereocenters. The minimum absolute atomic E-state index is 0.303. The molecule has 1 saturated heterocycles. The van der Waals surface area contributed by atoms with E-state index in [1.54, 1.807) is 6.07 Å². The molecule has 4 rings (SSSR count). The van der Waals surface area contributed by atoms with Crippen LogP contribution in [0.5, 0.6) is 0 Å². The van der Waals surface area contributed by atoms with Gasteiger partial charge in [-0.25, -0.2) is 4.79 Å². The van der Waals surface area contributed by atoms with Crippen molar-refractivity contribution in [3.63, 3.8) is 0 Å². The molecule has 0 bridgehead atoms. The maximum absolute atomic E-state index is 11.7. The zero-order chi connectivity index (χ0) is 17.2. The molecule has 0 spiro atoms. The highest BCUT2D eigenvalue weighted by Crippen LogP contribution is 2.31. The molecule has 0 amide bonds. The summed E-state index contributed by atoms with van der Waals surface area (Å²) >= 11 is 0. The van der Waals surface area contributed by atoms with Gasteiger partial charge in [0.1, 0.15) is 0 Å². The smallest absolute Gasteiger partial charge is 0.337 e. The number of nitrogens with one attached hydrogen (secondary N) is 1. The van der Waals surface area contributed by atoms with E-state index in [0.29, 0.717) is 11.6 Å². The molecule has 1 saturated carbocycles. The predicted molar refractivity (Wildman–Crippen MR) is 99.8 cm³/mol. The van der Waals surface area contributed by atoms with Gasteiger partial charge < -0.3 is 10.1 Å². The van der Waals surface area contributed by atoms with Gasteiger partial charge in [-0.1, -0.05) is 24.3 Å². The maximum atomic E-state index is 11.7. The van der Waals surface area contributed by atoms with Crippen molar-refractivity contribution in [2.24, 2.45) is 0 Å². The molecule has 130 valence electrons. The molecule has 1 aliphatic heterocycles. The summed E-state index contributed by atoms with van der Waals surface area (Å²) in [6.45, 7) is 2.36. The molecule has 4 heteroatoms. The fraction of sp³-hybridized carbons (Fsp3) is 0.381. The lowest BCUT2D eigenvalue weighted by Gasteiger charge is -2.17. The monoisotopic (exact) mass is 336 g/mol. The molecule has 25 heavy (non-hydrogen) atoms. The molecule has 1 N–H and O–H groups in total. The van der Waals surface area contributed by atoms with E-state index in [1.165, 1.54) is 32.9 Å². The number of carbonyl (C=O) groups is 1. The van der Waals surface area contributed by atoms with E-state index < -0.39 is 0 Å². The van der Waals surface area contributed by atoms with Gasteiger partial charge in [-0.2, -0.15) is 0 Å². The van der Waals surface area contributed by atoms with E-state index in [9.17, 15) is 4.79 Å². The number of hydrogen-bond acceptors (Lipinski definition) is 4. The highest BCUT2D eigenvalue weighted by Gasteiger charge is 2.34. The number of hydrogen-bond donors (Lipinski definition) is 1. The van der Waals surface area contributed by atoms with E-state index in [1.807, 2.05) is 18.2 Å². The average Bonchev–Trinajstić information content (AvgIpc) is 3.41. The van der Waals surface area contributed by atoms with Crippen LogP contribution in [0, 0.1) is 0 Å². The topological polar surface area (TPSA) is 41.6 Å². The first kappa shape index (κ1) is 16.2. The first-order valence-electron chi connectivity index (χ1n) is 9.02. The average molecular weight is 336 g/mol. The fourth-order valence-corrected chi connectivity index (χ4v) is 3.64. The molecule has 1 unspecified atom stereocenters. The number of rotatable bonds is 5. The van der Waals surface area contributed by atoms with Gasteiger partial charge in [0.15, 0.2) is 0 Å². The van der Waals surface area contributed by atoms with Crippen molar-refractivity contribution in [2.45, 2.75) is 31.3 Å². The summed E-state index contributed by atoms with van der Waals surface area (Å²) in [5.74, 6) is -0.303. The third kappa shape index (κ3) is 3.69. The number of nitrogens with zero attached hydrogens (tertiary/aromatic N) is 1. The maximum Gasteiger partial charge on any atom is 0.337 e. The van der Waals surface area contributed by atoms with Crippen LogP contribution in [0.4, 0.5) is 5.69 Å². The molecular weight excluding hydrogens is 312 g/mol. The fourth-order valence-electron chi connectivity index (χ4n) is 3.64. The van der Waals surface area contributed by atoms with Gasteiger partial charge >= 0.3 is 5.97 Å². The Bertz CT molecular complexity index is 770. The quantitative estimate of drug-likeness (QED) is 0.844. The molecule has 2 aromatic rings. The molecule has 1 heterocycles. The summed E-state index contributed by atoms with van der Waals surface area (Å²) < 4.78 is 4.82. The minimum Gasteiger partial charge on any atom is -0.465 e. The van der Waals surface area contributed by atoms with Gasteiger partial charge in [0.25, 0.3) is 0 Å². The van der Waals surface area contributed by atoms with Crippen LogP contribution in [0.3, 0.4) is 0 Å². The lowest BCUT2D eigenvalue weighted by atomic mass is 10.0. The van der Waals surface area contributed by atoms with Crippen LogP contribution in [-0.4, -0.2) is 43.2 Å². The molecule has 0 aromatic heterocycles. The molecule has 1 aliphatic carbocycles. The standard InChI is InChI=1S/C21H24N2O2/c1-25-21(24)17-6-2-4-15(12-17)16-5-3-7-18(13-16)22-19-10-11-23(14-19)20-8-9-20/h2-7,12-13,19-20,22H,8-11,14H2,1H3. The van der Waals surface area contributed by atoms with Crippen molar-refractivity contribution in [3.05, 3.63) is 54.1 Å². The van der Waals surface area contributed by atoms with Gasteiger partial charge in [0.05, 0.1) is 12.7 Å². The Morgan fingerprint density at radius 3 is 2.60 bits per heavy atom. The second-order valence-electron chi connectivity index (χ2n) is 7.01. The number of carbonyl (C=O) groups excluding carboxylic acids is 1. The summed E-state index contributed by atoms with van der Waals surface area (Å²) in [7, 11) is 1.41. The summed E-state index contributed by atoms with van der Waals surface area (Å²) in [6, 6.07) is 17.4. The van der Waals surface area contributed by atoms with E-state index in [-0.39, 0.29) is 5.97 Å². The van der Waals surface area contributed by atoms with Crippen LogP contribution >= 0.6 is 0 Å². The zero-order valence-corrected chi connectivity index (χ0v) is 14.6. The normalized spacial score (nSPS) is 20.4. The third-order valence-electron chi connectivity index (χ3n) is 5.13. The van der Waals surface area contributed by atoms with Crippen LogP contribution in [0.25, 0.3) is 11.1 Å². The number of anilines is 1. The second-order valence-corrected chi connectivity index (χ2v) is 7.01. The Morgan fingerprint density at radius 1 is 1.08 bits per heavy atom. The van der Waals surface area contributed by atoms with Gasteiger partial charge in [-0.3, -0.25) is 4.90 Å². The van der Waals surface area contributed by atoms with Crippen molar-refractivity contribution in [2.75, 3.05) is 25.5 Å². The van der Waals surface area contributed by atoms with Crippen LogP contribution in [0.2, 0.25) is 0 Å². The van der Waals surface area contributed by atoms with Crippen molar-refractivity contribution in [3.8, 4) is 11.1 Å². The van der Waals surface area contributed by atoms with Crippen LogP contribution in [0.1, 0.15) is 29.6 Å². The van der Waals surface area contributed by atoms with E-state index in [2.05, 4.69) is 34.5 Å². The van der Waals surface area contributed by atoms with Crippen LogP contribution in [-0.2, 0) is 4.74 Å². The summed E-state index contributed by atoms with van der Waals surface area (Å²) in [4.78, 5) is 14.4. The van der Waals surface area contributed by atoms with Gasteiger partial charge in [0, 0.05) is 30.9 Å². The van der Waals surface area contributed by atoms with Crippen molar-refractivity contribution < 1.29 is 9.53 Å². The summed E-state index contributed by atoms with van der Waals surface area (Å²) in [6.07, 6.45) is 3.95. The molecule has 2 fully saturated rings. The number of ether oxygens (including phenoxy) is 1. The first-order valence-corrected chi connectivity index (χ1v) is 9.02. The van der Waals surface area contributed by atoms with Gasteiger partial charge in [-0.15, -0.1) is 0 Å². The van der Waals surface area contributed by atoms with Gasteiger partial charge in [0.2, 0.25) is 0 Å². The molecule has 4 nitrogen and oxygen atoms in total. The Morgan fingerprint density at radius 2 is 1.84 bits per heavy atom. The first-order chi connectivity index (χ1) is 12.2. The molecule has 2 aliphatic rings. The van der Waals surface area contributed by atoms with E-state index >= 15 is 0 Å². The third-order valence-corrected chi connectivity index (χ3v) is 5.13. The Hall–Kier alpha value is -2.33. The number of methoxy groups -OCH3 is 1. The largest absolute Gasteiger partial charge is 0.465 e. The summed E-state index contributed by atoms with van der Waals surface area (Å²) in [5, 5.41) is 3.68. The van der Waals surface area contributed by atoms with Crippen LogP contribution in [0.15, 0.2) is 48.5 Å². The van der Waals surface area contributed by atoms with Crippen LogP contribution < -0.4 is 5.32 Å².